The minimum Gasteiger partial charge on any atom is -0.494 e. The van der Waals surface area contributed by atoms with Gasteiger partial charge in [-0.25, -0.2) is 0 Å². The Labute approximate surface area is 189 Å². The monoisotopic (exact) mass is 436 g/mol. The maximum absolute atomic E-state index is 12.7. The molecule has 7 heteroatoms. The number of benzene rings is 1. The number of carbonyl (C=O) groups is 2. The first kappa shape index (κ1) is 22.4. The molecule has 1 saturated carbocycles. The molecule has 1 saturated heterocycles. The largest absolute Gasteiger partial charge is 0.494 e. The minimum atomic E-state index is -0.511. The molecule has 2 heterocycles. The van der Waals surface area contributed by atoms with E-state index in [-0.39, 0.29) is 17.6 Å². The summed E-state index contributed by atoms with van der Waals surface area (Å²) >= 11 is 0. The lowest BCUT2D eigenvalue weighted by atomic mass is 10.1. The van der Waals surface area contributed by atoms with Crippen LogP contribution in [-0.4, -0.2) is 71.8 Å². The van der Waals surface area contributed by atoms with Gasteiger partial charge in [0.1, 0.15) is 5.75 Å². The maximum atomic E-state index is 12.7. The summed E-state index contributed by atoms with van der Waals surface area (Å²) in [4.78, 5) is 33.0. The molecule has 2 fully saturated rings. The topological polar surface area (TPSA) is 88.8 Å². The molecule has 1 amide bonds. The van der Waals surface area contributed by atoms with Crippen LogP contribution in [0, 0.1) is 5.92 Å². The van der Waals surface area contributed by atoms with Crippen molar-refractivity contribution in [2.24, 2.45) is 11.7 Å². The van der Waals surface area contributed by atoms with E-state index in [9.17, 15) is 9.59 Å². The highest BCUT2D eigenvalue weighted by Gasteiger charge is 2.30. The molecule has 1 aliphatic carbocycles. The predicted molar refractivity (Wildman–Crippen MR) is 123 cm³/mol. The summed E-state index contributed by atoms with van der Waals surface area (Å²) in [5.74, 6) is 1.33. The highest BCUT2D eigenvalue weighted by Crippen LogP contribution is 2.32. The summed E-state index contributed by atoms with van der Waals surface area (Å²) in [5.41, 5.74) is 7.97. The number of ketones is 1. The van der Waals surface area contributed by atoms with Crippen LogP contribution in [0.1, 0.15) is 35.2 Å². The van der Waals surface area contributed by atoms with Gasteiger partial charge in [-0.15, -0.1) is 0 Å². The summed E-state index contributed by atoms with van der Waals surface area (Å²) in [5, 5.41) is 0. The Hall–Kier alpha value is -2.77. The van der Waals surface area contributed by atoms with E-state index < -0.39 is 6.04 Å². The molecule has 1 aromatic carbocycles. The Morgan fingerprint density at radius 2 is 1.72 bits per heavy atom. The number of piperazine rings is 1. The Morgan fingerprint density at radius 1 is 1.03 bits per heavy atom. The second kappa shape index (κ2) is 10.7. The first-order valence-electron chi connectivity index (χ1n) is 11.5. The number of carbonyl (C=O) groups excluding carboxylic acids is 2. The third kappa shape index (κ3) is 6.14. The van der Waals surface area contributed by atoms with Gasteiger partial charge >= 0.3 is 0 Å². The van der Waals surface area contributed by atoms with E-state index in [1.165, 1.54) is 0 Å². The van der Waals surface area contributed by atoms with Crippen molar-refractivity contribution < 1.29 is 14.3 Å². The quantitative estimate of drug-likeness (QED) is 0.454. The van der Waals surface area contributed by atoms with Crippen LogP contribution in [0.5, 0.6) is 5.75 Å². The van der Waals surface area contributed by atoms with Gasteiger partial charge in [0.2, 0.25) is 5.91 Å². The number of nitrogens with two attached hydrogens (primary N) is 1. The fraction of sp³-hybridized carbons (Fsp3) is 0.480. The molecule has 1 aliphatic heterocycles. The lowest BCUT2D eigenvalue weighted by Crippen LogP contribution is -2.53. The minimum absolute atomic E-state index is 0.0217. The van der Waals surface area contributed by atoms with E-state index in [0.29, 0.717) is 26.1 Å². The van der Waals surface area contributed by atoms with Crippen LogP contribution in [-0.2, 0) is 11.2 Å². The second-order valence-electron chi connectivity index (χ2n) is 8.70. The molecule has 0 spiro atoms. The molecule has 4 rings (SSSR count). The predicted octanol–water partition coefficient (Wildman–Crippen LogP) is 2.16. The highest BCUT2D eigenvalue weighted by molar-refractivity contribution is 5.99. The Balaban J connectivity index is 1.12. The number of aromatic nitrogens is 1. The van der Waals surface area contributed by atoms with Crippen LogP contribution < -0.4 is 10.5 Å². The van der Waals surface area contributed by atoms with Crippen molar-refractivity contribution in [3.05, 3.63) is 59.9 Å². The number of ether oxygens (including phenoxy) is 1. The Bertz CT molecular complexity index is 891. The van der Waals surface area contributed by atoms with Crippen LogP contribution >= 0.6 is 0 Å². The van der Waals surface area contributed by atoms with Gasteiger partial charge in [-0.05, 0) is 67.6 Å². The number of pyridine rings is 1. The van der Waals surface area contributed by atoms with Crippen molar-refractivity contribution in [2.45, 2.75) is 31.7 Å². The fourth-order valence-electron chi connectivity index (χ4n) is 4.06. The lowest BCUT2D eigenvalue weighted by molar-refractivity contribution is -0.134. The summed E-state index contributed by atoms with van der Waals surface area (Å²) in [6.07, 6.45) is 6.95. The zero-order valence-corrected chi connectivity index (χ0v) is 18.5. The van der Waals surface area contributed by atoms with Crippen molar-refractivity contribution in [2.75, 3.05) is 39.3 Å². The zero-order chi connectivity index (χ0) is 22.3. The van der Waals surface area contributed by atoms with Crippen molar-refractivity contribution in [3.63, 3.8) is 0 Å². The third-order valence-corrected chi connectivity index (χ3v) is 6.18. The van der Waals surface area contributed by atoms with Crippen molar-refractivity contribution in [1.82, 2.24) is 14.8 Å². The molecule has 0 radical (unpaired) electrons. The molecule has 1 aromatic heterocycles. The Kier molecular flexibility index (Phi) is 7.50. The maximum Gasteiger partial charge on any atom is 0.239 e. The second-order valence-corrected chi connectivity index (χ2v) is 8.70. The van der Waals surface area contributed by atoms with Gasteiger partial charge < -0.3 is 15.4 Å². The van der Waals surface area contributed by atoms with Gasteiger partial charge in [-0.1, -0.05) is 0 Å². The van der Waals surface area contributed by atoms with E-state index in [0.717, 1.165) is 55.8 Å². The van der Waals surface area contributed by atoms with Gasteiger partial charge in [0.15, 0.2) is 5.78 Å². The standard InChI is InChI=1S/C25H32N4O3/c26-23(18-19-8-10-27-11-9-19)25(31)29-15-13-28(14-16-29)12-1-17-32-22-6-4-21(5-7-22)24(30)20-2-3-20/h4-11,20,23H,1-3,12-18,26H2/t23-/m0/s1. The molecule has 2 aliphatic rings. The van der Waals surface area contributed by atoms with Crippen molar-refractivity contribution >= 4 is 11.7 Å². The normalized spacial score (nSPS) is 17.7. The molecule has 2 aromatic rings. The summed E-state index contributed by atoms with van der Waals surface area (Å²) in [6, 6.07) is 10.8. The van der Waals surface area contributed by atoms with Gasteiger partial charge in [0.05, 0.1) is 12.6 Å². The SMILES string of the molecule is N[C@@H](Cc1ccncc1)C(=O)N1CCN(CCCOc2ccc(C(=O)C3CC3)cc2)CC1. The molecule has 170 valence electrons. The first-order chi connectivity index (χ1) is 15.6. The van der Waals surface area contributed by atoms with Gasteiger partial charge in [0, 0.05) is 56.6 Å². The van der Waals surface area contributed by atoms with Gasteiger partial charge in [-0.2, -0.15) is 0 Å². The smallest absolute Gasteiger partial charge is 0.239 e. The molecule has 2 N–H and O–H groups in total. The van der Waals surface area contributed by atoms with E-state index in [1.54, 1.807) is 12.4 Å². The summed E-state index contributed by atoms with van der Waals surface area (Å²) < 4.78 is 5.83. The van der Waals surface area contributed by atoms with Crippen LogP contribution in [0.4, 0.5) is 0 Å². The molecule has 7 nitrogen and oxygen atoms in total. The van der Waals surface area contributed by atoms with Gasteiger partial charge in [0.25, 0.3) is 0 Å². The molecular formula is C25H32N4O3. The van der Waals surface area contributed by atoms with Crippen LogP contribution in [0.15, 0.2) is 48.8 Å². The van der Waals surface area contributed by atoms with Crippen LogP contribution in [0.2, 0.25) is 0 Å². The van der Waals surface area contributed by atoms with Gasteiger partial charge in [-0.3, -0.25) is 19.5 Å². The number of amides is 1. The van der Waals surface area contributed by atoms with E-state index >= 15 is 0 Å². The molecule has 0 bridgehead atoms. The lowest BCUT2D eigenvalue weighted by Gasteiger charge is -2.35. The summed E-state index contributed by atoms with van der Waals surface area (Å²) in [6.45, 7) is 4.69. The number of hydrogen-bond acceptors (Lipinski definition) is 6. The number of rotatable bonds is 10. The number of nitrogens with zero attached hydrogens (tertiary/aromatic N) is 3. The summed E-state index contributed by atoms with van der Waals surface area (Å²) in [7, 11) is 0. The van der Waals surface area contributed by atoms with Crippen LogP contribution in [0.25, 0.3) is 0 Å². The number of Topliss-reactive ketones (excluding diaryl/α,β-unsaturated/α-hetero) is 1. The van der Waals surface area contributed by atoms with Crippen molar-refractivity contribution in [1.29, 1.82) is 0 Å². The zero-order valence-electron chi connectivity index (χ0n) is 18.5. The highest BCUT2D eigenvalue weighted by atomic mass is 16.5. The Morgan fingerprint density at radius 3 is 2.38 bits per heavy atom. The molecule has 1 atom stereocenters. The molecule has 32 heavy (non-hydrogen) atoms. The average Bonchev–Trinajstić information content (AvgIpc) is 3.68. The average molecular weight is 437 g/mol. The molecular weight excluding hydrogens is 404 g/mol. The van der Waals surface area contributed by atoms with Crippen LogP contribution in [0.3, 0.4) is 0 Å². The van der Waals surface area contributed by atoms with E-state index in [1.807, 2.05) is 41.3 Å². The van der Waals surface area contributed by atoms with Crippen molar-refractivity contribution in [3.8, 4) is 5.75 Å². The fourth-order valence-corrected chi connectivity index (χ4v) is 4.06. The molecule has 0 unspecified atom stereocenters. The van der Waals surface area contributed by atoms with E-state index in [4.69, 9.17) is 10.5 Å². The number of hydrogen-bond donors (Lipinski definition) is 1. The van der Waals surface area contributed by atoms with E-state index in [2.05, 4.69) is 9.88 Å². The third-order valence-electron chi connectivity index (χ3n) is 6.18. The first-order valence-corrected chi connectivity index (χ1v) is 11.5.